The highest BCUT2D eigenvalue weighted by molar-refractivity contribution is 5.94. The van der Waals surface area contributed by atoms with Gasteiger partial charge in [0.15, 0.2) is 0 Å². The highest BCUT2D eigenvalue weighted by Gasteiger charge is 2.29. The van der Waals surface area contributed by atoms with Crippen LogP contribution in [0.15, 0.2) is 77.6 Å². The third-order valence-corrected chi connectivity index (χ3v) is 7.34. The van der Waals surface area contributed by atoms with E-state index >= 15 is 0 Å². The molecule has 1 aromatic heterocycles. The second kappa shape index (κ2) is 11.2. The number of ether oxygens (including phenoxy) is 1. The standard InChI is InChI=1S/C31H34N4O3/c1-4-23-14-16-24(17-15-23)30(36)34-20-18-33(19-21-34)22(3)29-32-26-11-7-6-10-25(26)31(37)35(29)27-12-8-9-13-28(27)38-5-2/h6-17,22H,4-5,18-21H2,1-3H3. The summed E-state index contributed by atoms with van der Waals surface area (Å²) in [4.78, 5) is 36.1. The molecule has 0 bridgehead atoms. The SMILES string of the molecule is CCOc1ccccc1-n1c(C(C)N2CCN(C(=O)c3ccc(CC)cc3)CC2)nc2ccccc2c1=O. The number of amides is 1. The smallest absolute Gasteiger partial charge is 0.266 e. The van der Waals surface area contributed by atoms with Crippen molar-refractivity contribution in [1.29, 1.82) is 0 Å². The number of carbonyl (C=O) groups excluding carboxylic acids is 1. The van der Waals surface area contributed by atoms with E-state index in [-0.39, 0.29) is 17.5 Å². The molecule has 196 valence electrons. The van der Waals surface area contributed by atoms with Gasteiger partial charge < -0.3 is 9.64 Å². The Morgan fingerprint density at radius 2 is 1.61 bits per heavy atom. The molecule has 1 unspecified atom stereocenters. The largest absolute Gasteiger partial charge is 0.492 e. The molecule has 1 aliphatic heterocycles. The minimum absolute atomic E-state index is 0.0614. The average molecular weight is 511 g/mol. The van der Waals surface area contributed by atoms with E-state index < -0.39 is 0 Å². The summed E-state index contributed by atoms with van der Waals surface area (Å²) < 4.78 is 7.59. The predicted molar refractivity (Wildman–Crippen MR) is 150 cm³/mol. The summed E-state index contributed by atoms with van der Waals surface area (Å²) in [6, 6.07) is 22.8. The third kappa shape index (κ3) is 4.94. The molecule has 0 N–H and O–H groups in total. The van der Waals surface area contributed by atoms with Gasteiger partial charge in [0.1, 0.15) is 11.6 Å². The summed E-state index contributed by atoms with van der Waals surface area (Å²) >= 11 is 0. The topological polar surface area (TPSA) is 67.7 Å². The molecule has 1 amide bonds. The molecule has 2 heterocycles. The summed E-state index contributed by atoms with van der Waals surface area (Å²) in [5.41, 5.74) is 3.19. The molecule has 7 nitrogen and oxygen atoms in total. The maximum absolute atomic E-state index is 13.8. The Kier molecular flexibility index (Phi) is 7.56. The zero-order chi connectivity index (χ0) is 26.6. The average Bonchev–Trinajstić information content (AvgIpc) is 2.97. The van der Waals surface area contributed by atoms with Gasteiger partial charge in [0.05, 0.1) is 29.2 Å². The third-order valence-electron chi connectivity index (χ3n) is 7.34. The fourth-order valence-electron chi connectivity index (χ4n) is 5.12. The Morgan fingerprint density at radius 3 is 2.32 bits per heavy atom. The normalized spacial score (nSPS) is 15.0. The maximum Gasteiger partial charge on any atom is 0.266 e. The number of rotatable bonds is 7. The van der Waals surface area contributed by atoms with Crippen LogP contribution in [0.4, 0.5) is 0 Å². The van der Waals surface area contributed by atoms with Gasteiger partial charge in [0.2, 0.25) is 0 Å². The van der Waals surface area contributed by atoms with E-state index in [1.807, 2.05) is 84.6 Å². The first-order valence-electron chi connectivity index (χ1n) is 13.4. The van der Waals surface area contributed by atoms with Crippen molar-refractivity contribution >= 4 is 16.8 Å². The molecular weight excluding hydrogens is 476 g/mol. The first-order valence-corrected chi connectivity index (χ1v) is 13.4. The van der Waals surface area contributed by atoms with Gasteiger partial charge in [-0.1, -0.05) is 43.3 Å². The van der Waals surface area contributed by atoms with Gasteiger partial charge in [-0.25, -0.2) is 4.98 Å². The van der Waals surface area contributed by atoms with Crippen molar-refractivity contribution in [2.24, 2.45) is 0 Å². The maximum atomic E-state index is 13.8. The van der Waals surface area contributed by atoms with Crippen LogP contribution in [0.1, 0.15) is 48.6 Å². The van der Waals surface area contributed by atoms with E-state index in [0.29, 0.717) is 61.0 Å². The van der Waals surface area contributed by atoms with Crippen LogP contribution in [0.5, 0.6) is 5.75 Å². The Morgan fingerprint density at radius 1 is 0.921 bits per heavy atom. The number of aryl methyl sites for hydroxylation is 1. The summed E-state index contributed by atoms with van der Waals surface area (Å²) in [5.74, 6) is 1.37. The highest BCUT2D eigenvalue weighted by Crippen LogP contribution is 2.28. The molecule has 0 saturated carbocycles. The summed E-state index contributed by atoms with van der Waals surface area (Å²) in [7, 11) is 0. The van der Waals surface area contributed by atoms with Crippen LogP contribution in [0, 0.1) is 0 Å². The Labute approximate surface area is 223 Å². The lowest BCUT2D eigenvalue weighted by molar-refractivity contribution is 0.0573. The van der Waals surface area contributed by atoms with Gasteiger partial charge >= 0.3 is 0 Å². The van der Waals surface area contributed by atoms with E-state index in [1.165, 1.54) is 5.56 Å². The second-order valence-corrected chi connectivity index (χ2v) is 9.58. The Balaban J connectivity index is 1.45. The quantitative estimate of drug-likeness (QED) is 0.355. The van der Waals surface area contributed by atoms with Crippen molar-refractivity contribution in [2.75, 3.05) is 32.8 Å². The van der Waals surface area contributed by atoms with Crippen LogP contribution < -0.4 is 10.3 Å². The van der Waals surface area contributed by atoms with E-state index in [0.717, 1.165) is 12.0 Å². The van der Waals surface area contributed by atoms with Crippen molar-refractivity contribution in [3.05, 3.63) is 100 Å². The lowest BCUT2D eigenvalue weighted by Gasteiger charge is -2.38. The molecule has 0 radical (unpaired) electrons. The van der Waals surface area contributed by atoms with Crippen molar-refractivity contribution in [3.8, 4) is 11.4 Å². The number of nitrogens with zero attached hydrogens (tertiary/aromatic N) is 4. The van der Waals surface area contributed by atoms with Crippen LogP contribution in [-0.4, -0.2) is 58.0 Å². The number of hydrogen-bond donors (Lipinski definition) is 0. The van der Waals surface area contributed by atoms with Crippen LogP contribution in [0.25, 0.3) is 16.6 Å². The molecule has 4 aromatic rings. The van der Waals surface area contributed by atoms with E-state index in [4.69, 9.17) is 9.72 Å². The first kappa shape index (κ1) is 25.7. The molecule has 1 atom stereocenters. The molecule has 5 rings (SSSR count). The number of carbonyl (C=O) groups is 1. The lowest BCUT2D eigenvalue weighted by atomic mass is 10.1. The number of aromatic nitrogens is 2. The van der Waals surface area contributed by atoms with E-state index in [1.54, 1.807) is 4.57 Å². The highest BCUT2D eigenvalue weighted by atomic mass is 16.5. The predicted octanol–water partition coefficient (Wildman–Crippen LogP) is 4.87. The second-order valence-electron chi connectivity index (χ2n) is 9.58. The zero-order valence-corrected chi connectivity index (χ0v) is 22.3. The fourth-order valence-corrected chi connectivity index (χ4v) is 5.12. The Hall–Kier alpha value is -3.97. The van der Waals surface area contributed by atoms with Crippen LogP contribution >= 0.6 is 0 Å². The van der Waals surface area contributed by atoms with Gasteiger partial charge in [-0.3, -0.25) is 19.1 Å². The number of piperazine rings is 1. The van der Waals surface area contributed by atoms with Crippen molar-refractivity contribution in [2.45, 2.75) is 33.2 Å². The molecule has 3 aromatic carbocycles. The lowest BCUT2D eigenvalue weighted by Crippen LogP contribution is -2.50. The monoisotopic (exact) mass is 510 g/mol. The van der Waals surface area contributed by atoms with Gasteiger partial charge in [-0.15, -0.1) is 0 Å². The van der Waals surface area contributed by atoms with E-state index in [2.05, 4.69) is 18.7 Å². The van der Waals surface area contributed by atoms with Gasteiger partial charge in [-0.05, 0) is 62.2 Å². The molecule has 1 saturated heterocycles. The number of benzene rings is 3. The molecule has 1 fully saturated rings. The zero-order valence-electron chi connectivity index (χ0n) is 22.3. The molecular formula is C31H34N4O3. The van der Waals surface area contributed by atoms with Crippen molar-refractivity contribution in [3.63, 3.8) is 0 Å². The first-order chi connectivity index (χ1) is 18.5. The molecule has 0 spiro atoms. The number of hydrogen-bond acceptors (Lipinski definition) is 5. The van der Waals surface area contributed by atoms with Crippen LogP contribution in [-0.2, 0) is 6.42 Å². The van der Waals surface area contributed by atoms with Crippen molar-refractivity contribution in [1.82, 2.24) is 19.4 Å². The Bertz CT molecular complexity index is 1490. The van der Waals surface area contributed by atoms with E-state index in [9.17, 15) is 9.59 Å². The van der Waals surface area contributed by atoms with Gasteiger partial charge in [0.25, 0.3) is 11.5 Å². The van der Waals surface area contributed by atoms with Crippen molar-refractivity contribution < 1.29 is 9.53 Å². The summed E-state index contributed by atoms with van der Waals surface area (Å²) in [5, 5.41) is 0.569. The summed E-state index contributed by atoms with van der Waals surface area (Å²) in [6.45, 7) is 9.23. The molecule has 0 aliphatic carbocycles. The number of para-hydroxylation sites is 3. The van der Waals surface area contributed by atoms with Gasteiger partial charge in [-0.2, -0.15) is 0 Å². The summed E-state index contributed by atoms with van der Waals surface area (Å²) in [6.07, 6.45) is 0.952. The molecule has 38 heavy (non-hydrogen) atoms. The number of fused-ring (bicyclic) bond motifs is 1. The van der Waals surface area contributed by atoms with Gasteiger partial charge in [0, 0.05) is 31.7 Å². The molecule has 1 aliphatic rings. The minimum atomic E-state index is -0.150. The minimum Gasteiger partial charge on any atom is -0.492 e. The fraction of sp³-hybridized carbons (Fsp3) is 0.323. The van der Waals surface area contributed by atoms with Crippen LogP contribution in [0.3, 0.4) is 0 Å². The van der Waals surface area contributed by atoms with Crippen LogP contribution in [0.2, 0.25) is 0 Å². The molecule has 7 heteroatoms.